The van der Waals surface area contributed by atoms with Crippen molar-refractivity contribution in [2.45, 2.75) is 39.7 Å². The SMILES string of the molecule is CC(=O)Nc1cc(C(=O)NC(=NCC2CCCO2)Nc2ccc(Cl)cc2C)ccc1C. The first-order valence-electron chi connectivity index (χ1n) is 10.2. The summed E-state index contributed by atoms with van der Waals surface area (Å²) in [6.07, 6.45) is 2.01. The molecule has 1 atom stereocenters. The predicted molar refractivity (Wildman–Crippen MR) is 124 cm³/mol. The van der Waals surface area contributed by atoms with E-state index in [-0.39, 0.29) is 17.9 Å². The number of nitrogens with one attached hydrogen (secondary N) is 3. The molecule has 31 heavy (non-hydrogen) atoms. The van der Waals surface area contributed by atoms with Crippen molar-refractivity contribution in [2.24, 2.45) is 4.99 Å². The lowest BCUT2D eigenvalue weighted by Crippen LogP contribution is -2.37. The molecule has 1 aliphatic rings. The molecule has 1 fully saturated rings. The number of halogens is 1. The molecule has 7 nitrogen and oxygen atoms in total. The van der Waals surface area contributed by atoms with Crippen LogP contribution in [0.4, 0.5) is 11.4 Å². The molecule has 1 saturated heterocycles. The molecule has 2 aromatic rings. The Morgan fingerprint density at radius 2 is 1.90 bits per heavy atom. The summed E-state index contributed by atoms with van der Waals surface area (Å²) in [5.74, 6) is -0.205. The molecule has 3 rings (SSSR count). The molecule has 3 N–H and O–H groups in total. The molecule has 2 aromatic carbocycles. The minimum Gasteiger partial charge on any atom is -0.376 e. The Kier molecular flexibility index (Phi) is 7.65. The van der Waals surface area contributed by atoms with E-state index in [1.54, 1.807) is 24.3 Å². The third-order valence-corrected chi connectivity index (χ3v) is 5.20. The van der Waals surface area contributed by atoms with Gasteiger partial charge in [0.25, 0.3) is 5.91 Å². The number of benzene rings is 2. The lowest BCUT2D eigenvalue weighted by Gasteiger charge is -2.15. The Morgan fingerprint density at radius 3 is 2.58 bits per heavy atom. The van der Waals surface area contributed by atoms with E-state index in [4.69, 9.17) is 16.3 Å². The number of anilines is 2. The van der Waals surface area contributed by atoms with Crippen LogP contribution in [0.3, 0.4) is 0 Å². The van der Waals surface area contributed by atoms with Crippen molar-refractivity contribution in [1.82, 2.24) is 5.32 Å². The number of aliphatic imine (C=N–C) groups is 1. The summed E-state index contributed by atoms with van der Waals surface area (Å²) >= 11 is 6.05. The lowest BCUT2D eigenvalue weighted by molar-refractivity contribution is -0.114. The van der Waals surface area contributed by atoms with Crippen LogP contribution in [0.2, 0.25) is 5.02 Å². The first-order valence-corrected chi connectivity index (χ1v) is 10.6. The molecule has 1 unspecified atom stereocenters. The summed E-state index contributed by atoms with van der Waals surface area (Å²) in [5.41, 5.74) is 3.59. The number of hydrogen-bond donors (Lipinski definition) is 3. The third kappa shape index (κ3) is 6.54. The van der Waals surface area contributed by atoms with Gasteiger partial charge in [-0.2, -0.15) is 0 Å². The summed E-state index contributed by atoms with van der Waals surface area (Å²) in [6.45, 7) is 6.40. The predicted octanol–water partition coefficient (Wildman–Crippen LogP) is 4.29. The van der Waals surface area contributed by atoms with Crippen LogP contribution in [-0.2, 0) is 9.53 Å². The van der Waals surface area contributed by atoms with Gasteiger partial charge in [0, 0.05) is 35.5 Å². The van der Waals surface area contributed by atoms with Gasteiger partial charge >= 0.3 is 0 Å². The second-order valence-corrected chi connectivity index (χ2v) is 8.01. The minimum absolute atomic E-state index is 0.0470. The van der Waals surface area contributed by atoms with E-state index in [0.717, 1.165) is 36.3 Å². The highest BCUT2D eigenvalue weighted by molar-refractivity contribution is 6.30. The highest BCUT2D eigenvalue weighted by Gasteiger charge is 2.17. The number of guanidine groups is 1. The van der Waals surface area contributed by atoms with Gasteiger partial charge in [-0.3, -0.25) is 14.9 Å². The summed E-state index contributed by atoms with van der Waals surface area (Å²) < 4.78 is 5.64. The molecular formula is C23H27ClN4O3. The van der Waals surface area contributed by atoms with E-state index in [9.17, 15) is 9.59 Å². The van der Waals surface area contributed by atoms with Crippen LogP contribution in [0.15, 0.2) is 41.4 Å². The smallest absolute Gasteiger partial charge is 0.258 e. The van der Waals surface area contributed by atoms with Gasteiger partial charge in [0.05, 0.1) is 12.6 Å². The van der Waals surface area contributed by atoms with Gasteiger partial charge in [0.2, 0.25) is 11.9 Å². The number of carbonyl (C=O) groups is 2. The summed E-state index contributed by atoms with van der Waals surface area (Å²) in [6, 6.07) is 10.6. The van der Waals surface area contributed by atoms with Crippen molar-refractivity contribution < 1.29 is 14.3 Å². The topological polar surface area (TPSA) is 91.8 Å². The largest absolute Gasteiger partial charge is 0.376 e. The van der Waals surface area contributed by atoms with Gasteiger partial charge in [0.1, 0.15) is 0 Å². The maximum Gasteiger partial charge on any atom is 0.258 e. The van der Waals surface area contributed by atoms with Crippen LogP contribution < -0.4 is 16.0 Å². The van der Waals surface area contributed by atoms with Crippen molar-refractivity contribution in [3.63, 3.8) is 0 Å². The number of nitrogens with zero attached hydrogens (tertiary/aromatic N) is 1. The zero-order valence-electron chi connectivity index (χ0n) is 17.9. The summed E-state index contributed by atoms with van der Waals surface area (Å²) in [5, 5.41) is 9.41. The Hall–Kier alpha value is -2.90. The molecule has 0 aromatic heterocycles. The molecule has 0 saturated carbocycles. The van der Waals surface area contributed by atoms with Crippen LogP contribution >= 0.6 is 11.6 Å². The molecular weight excluding hydrogens is 416 g/mol. The van der Waals surface area contributed by atoms with E-state index in [1.165, 1.54) is 6.92 Å². The third-order valence-electron chi connectivity index (χ3n) is 4.96. The van der Waals surface area contributed by atoms with Gasteiger partial charge in [-0.05, 0) is 68.1 Å². The van der Waals surface area contributed by atoms with Crippen LogP contribution in [-0.4, -0.2) is 37.0 Å². The van der Waals surface area contributed by atoms with Crippen LogP contribution in [0, 0.1) is 13.8 Å². The Labute approximate surface area is 187 Å². The number of rotatable bonds is 5. The minimum atomic E-state index is -0.336. The van der Waals surface area contributed by atoms with E-state index in [1.807, 2.05) is 26.0 Å². The monoisotopic (exact) mass is 442 g/mol. The number of aryl methyl sites for hydroxylation is 2. The molecule has 0 spiro atoms. The molecule has 0 aliphatic carbocycles. The number of hydrogen-bond acceptors (Lipinski definition) is 4. The van der Waals surface area contributed by atoms with Gasteiger partial charge in [-0.25, -0.2) is 4.99 Å². The fraction of sp³-hybridized carbons (Fsp3) is 0.348. The first-order chi connectivity index (χ1) is 14.8. The molecule has 1 heterocycles. The normalized spacial score (nSPS) is 16.1. The zero-order valence-corrected chi connectivity index (χ0v) is 18.7. The Balaban J connectivity index is 1.80. The van der Waals surface area contributed by atoms with Crippen molar-refractivity contribution in [2.75, 3.05) is 23.8 Å². The second-order valence-electron chi connectivity index (χ2n) is 7.57. The maximum atomic E-state index is 12.9. The van der Waals surface area contributed by atoms with Gasteiger partial charge in [-0.1, -0.05) is 17.7 Å². The van der Waals surface area contributed by atoms with Crippen molar-refractivity contribution >= 4 is 40.7 Å². The maximum absolute atomic E-state index is 12.9. The fourth-order valence-electron chi connectivity index (χ4n) is 3.25. The van der Waals surface area contributed by atoms with Crippen LogP contribution in [0.25, 0.3) is 0 Å². The summed E-state index contributed by atoms with van der Waals surface area (Å²) in [7, 11) is 0. The molecule has 164 valence electrons. The quantitative estimate of drug-likeness (QED) is 0.475. The molecule has 2 amide bonds. The van der Waals surface area contributed by atoms with Crippen molar-refractivity contribution in [1.29, 1.82) is 0 Å². The van der Waals surface area contributed by atoms with E-state index in [0.29, 0.717) is 28.8 Å². The number of ether oxygens (including phenoxy) is 1. The van der Waals surface area contributed by atoms with Crippen molar-refractivity contribution in [3.05, 3.63) is 58.1 Å². The zero-order chi connectivity index (χ0) is 22.4. The average Bonchev–Trinajstić information content (AvgIpc) is 3.23. The van der Waals surface area contributed by atoms with Gasteiger partial charge in [0.15, 0.2) is 0 Å². The number of amides is 2. The highest BCUT2D eigenvalue weighted by Crippen LogP contribution is 2.20. The van der Waals surface area contributed by atoms with Gasteiger partial charge < -0.3 is 15.4 Å². The van der Waals surface area contributed by atoms with Crippen LogP contribution in [0.5, 0.6) is 0 Å². The Bertz CT molecular complexity index is 1000. The van der Waals surface area contributed by atoms with E-state index >= 15 is 0 Å². The molecule has 0 bridgehead atoms. The molecule has 8 heteroatoms. The van der Waals surface area contributed by atoms with Gasteiger partial charge in [-0.15, -0.1) is 0 Å². The lowest BCUT2D eigenvalue weighted by atomic mass is 10.1. The standard InChI is InChI=1S/C23H27ClN4O3/c1-14-6-7-17(12-21(14)26-16(3)29)22(30)28-23(25-13-19-5-4-10-31-19)27-20-9-8-18(24)11-15(20)2/h6-9,11-12,19H,4-5,10,13H2,1-3H3,(H,26,29)(H2,25,27,28,30). The molecule has 0 radical (unpaired) electrons. The highest BCUT2D eigenvalue weighted by atomic mass is 35.5. The fourth-order valence-corrected chi connectivity index (χ4v) is 3.48. The number of carbonyl (C=O) groups excluding carboxylic acids is 2. The van der Waals surface area contributed by atoms with Crippen LogP contribution in [0.1, 0.15) is 41.3 Å². The second kappa shape index (κ2) is 10.4. The average molecular weight is 443 g/mol. The Morgan fingerprint density at radius 1 is 1.10 bits per heavy atom. The first kappa shape index (κ1) is 22.8. The molecule has 1 aliphatic heterocycles. The van der Waals surface area contributed by atoms with E-state index in [2.05, 4.69) is 20.9 Å². The summed E-state index contributed by atoms with van der Waals surface area (Å²) in [4.78, 5) is 28.9. The van der Waals surface area contributed by atoms with E-state index < -0.39 is 0 Å². The van der Waals surface area contributed by atoms with Crippen molar-refractivity contribution in [3.8, 4) is 0 Å².